The number of hydrogen-bond donors (Lipinski definition) is 3. The summed E-state index contributed by atoms with van der Waals surface area (Å²) in [4.78, 5) is 26.1. The van der Waals surface area contributed by atoms with Crippen molar-refractivity contribution in [1.29, 1.82) is 0 Å². The molecule has 0 bridgehead atoms. The predicted molar refractivity (Wildman–Crippen MR) is 259 cm³/mol. The van der Waals surface area contributed by atoms with E-state index in [9.17, 15) is 19.8 Å². The summed E-state index contributed by atoms with van der Waals surface area (Å²) in [6.45, 7) is 6.33. The highest BCUT2D eigenvalue weighted by molar-refractivity contribution is 5.77. The van der Waals surface area contributed by atoms with E-state index in [0.717, 1.165) is 51.4 Å². The first-order chi connectivity index (χ1) is 29.5. The lowest BCUT2D eigenvalue weighted by atomic mass is 10.0. The Hall–Kier alpha value is -2.44. The van der Waals surface area contributed by atoms with E-state index in [1.807, 2.05) is 48.6 Å². The molecular formula is C54H97NO5. The van der Waals surface area contributed by atoms with Crippen molar-refractivity contribution in [2.45, 2.75) is 264 Å². The number of hydrogen-bond acceptors (Lipinski definition) is 5. The van der Waals surface area contributed by atoms with Crippen LogP contribution in [0.25, 0.3) is 0 Å². The van der Waals surface area contributed by atoms with Gasteiger partial charge in [-0.1, -0.05) is 255 Å². The minimum absolute atomic E-state index is 0.0501. The summed E-state index contributed by atoms with van der Waals surface area (Å²) in [6.07, 6.45) is 58.5. The summed E-state index contributed by atoms with van der Waals surface area (Å²) >= 11 is 0. The molecular weight excluding hydrogens is 743 g/mol. The summed E-state index contributed by atoms with van der Waals surface area (Å²) in [7, 11) is 0. The Morgan fingerprint density at radius 2 is 0.883 bits per heavy atom. The van der Waals surface area contributed by atoms with Crippen LogP contribution >= 0.6 is 0 Å². The minimum atomic E-state index is -0.799. The monoisotopic (exact) mass is 840 g/mol. The van der Waals surface area contributed by atoms with Gasteiger partial charge >= 0.3 is 5.97 Å². The van der Waals surface area contributed by atoms with Crippen LogP contribution in [0.5, 0.6) is 0 Å². The van der Waals surface area contributed by atoms with Crippen molar-refractivity contribution in [2.75, 3.05) is 6.61 Å². The van der Waals surface area contributed by atoms with Crippen LogP contribution in [0.3, 0.4) is 0 Å². The maximum atomic E-state index is 13.2. The van der Waals surface area contributed by atoms with Crippen LogP contribution in [-0.4, -0.2) is 46.9 Å². The number of ether oxygens (including phenoxy) is 1. The molecule has 0 aromatic carbocycles. The van der Waals surface area contributed by atoms with Crippen molar-refractivity contribution >= 4 is 11.9 Å². The number of allylic oxidation sites excluding steroid dienone is 10. The second-order valence-corrected chi connectivity index (χ2v) is 17.3. The molecule has 348 valence electrons. The number of carbonyl (C=O) groups is 2. The molecule has 6 heteroatoms. The fourth-order valence-corrected chi connectivity index (χ4v) is 7.64. The van der Waals surface area contributed by atoms with Crippen molar-refractivity contribution in [1.82, 2.24) is 5.32 Å². The number of carbonyl (C=O) groups excluding carboxylic acids is 2. The third kappa shape index (κ3) is 42.3. The van der Waals surface area contributed by atoms with E-state index < -0.39 is 18.2 Å². The van der Waals surface area contributed by atoms with Gasteiger partial charge in [0.25, 0.3) is 0 Å². The molecule has 0 heterocycles. The number of rotatable bonds is 45. The molecule has 0 rings (SSSR count). The van der Waals surface area contributed by atoms with Crippen molar-refractivity contribution in [2.24, 2.45) is 0 Å². The number of aliphatic hydroxyl groups excluding tert-OH is 2. The molecule has 0 aromatic heterocycles. The lowest BCUT2D eigenvalue weighted by Gasteiger charge is -2.24. The van der Waals surface area contributed by atoms with E-state index in [-0.39, 0.29) is 24.9 Å². The number of amides is 1. The largest absolute Gasteiger partial charge is 0.462 e. The van der Waals surface area contributed by atoms with E-state index >= 15 is 0 Å². The third-order valence-electron chi connectivity index (χ3n) is 11.5. The molecule has 0 fully saturated rings. The van der Waals surface area contributed by atoms with Crippen molar-refractivity contribution in [3.63, 3.8) is 0 Å². The molecule has 1 amide bonds. The second kappa shape index (κ2) is 47.6. The summed E-state index contributed by atoms with van der Waals surface area (Å²) in [6, 6.07) is -0.715. The zero-order valence-electron chi connectivity index (χ0n) is 39.6. The van der Waals surface area contributed by atoms with Gasteiger partial charge in [-0.2, -0.15) is 0 Å². The SMILES string of the molecule is CC/C=C/C=C/C=C\C=C/C=C/CCCC(=O)OC(CCCCCCCCCCCCCCC)CC(=O)NC(CO)C(O)CCCCCCCCCCCCCCCCC. The van der Waals surface area contributed by atoms with Gasteiger partial charge in [-0.05, 0) is 38.5 Å². The van der Waals surface area contributed by atoms with E-state index in [1.165, 1.54) is 141 Å². The highest BCUT2D eigenvalue weighted by Crippen LogP contribution is 2.18. The molecule has 6 nitrogen and oxygen atoms in total. The normalized spacial score (nSPS) is 13.8. The van der Waals surface area contributed by atoms with Crippen LogP contribution in [0.2, 0.25) is 0 Å². The molecule has 0 aliphatic rings. The van der Waals surface area contributed by atoms with E-state index in [1.54, 1.807) is 0 Å². The molecule has 0 aromatic rings. The first-order valence-electron chi connectivity index (χ1n) is 25.6. The number of nitrogens with one attached hydrogen (secondary N) is 1. The third-order valence-corrected chi connectivity index (χ3v) is 11.5. The molecule has 3 atom stereocenters. The van der Waals surface area contributed by atoms with Crippen LogP contribution in [0.4, 0.5) is 0 Å². The van der Waals surface area contributed by atoms with Gasteiger partial charge < -0.3 is 20.3 Å². The van der Waals surface area contributed by atoms with Gasteiger partial charge in [-0.3, -0.25) is 9.59 Å². The van der Waals surface area contributed by atoms with Gasteiger partial charge in [0.2, 0.25) is 5.91 Å². The summed E-state index contributed by atoms with van der Waals surface area (Å²) in [5.74, 6) is -0.557. The Morgan fingerprint density at radius 1 is 0.500 bits per heavy atom. The van der Waals surface area contributed by atoms with Crippen LogP contribution in [0.1, 0.15) is 245 Å². The number of unbranched alkanes of at least 4 members (excludes halogenated alkanes) is 27. The Morgan fingerprint density at radius 3 is 1.30 bits per heavy atom. The lowest BCUT2D eigenvalue weighted by Crippen LogP contribution is -2.46. The van der Waals surface area contributed by atoms with Crippen LogP contribution < -0.4 is 5.32 Å². The van der Waals surface area contributed by atoms with E-state index in [2.05, 4.69) is 38.2 Å². The average Bonchev–Trinajstić information content (AvgIpc) is 3.24. The highest BCUT2D eigenvalue weighted by atomic mass is 16.5. The quantitative estimate of drug-likeness (QED) is 0.0322. The topological polar surface area (TPSA) is 95.9 Å². The average molecular weight is 840 g/mol. The zero-order chi connectivity index (χ0) is 43.8. The summed E-state index contributed by atoms with van der Waals surface area (Å²) in [5.41, 5.74) is 0. The Balaban J connectivity index is 4.63. The lowest BCUT2D eigenvalue weighted by molar-refractivity contribution is -0.151. The number of aliphatic hydroxyl groups is 2. The molecule has 0 spiro atoms. The first kappa shape index (κ1) is 57.6. The molecule has 60 heavy (non-hydrogen) atoms. The summed E-state index contributed by atoms with van der Waals surface area (Å²) in [5, 5.41) is 23.8. The van der Waals surface area contributed by atoms with E-state index in [0.29, 0.717) is 25.7 Å². The van der Waals surface area contributed by atoms with Crippen LogP contribution in [-0.2, 0) is 14.3 Å². The van der Waals surface area contributed by atoms with Crippen LogP contribution in [0, 0.1) is 0 Å². The zero-order valence-corrected chi connectivity index (χ0v) is 39.6. The molecule has 0 radical (unpaired) electrons. The second-order valence-electron chi connectivity index (χ2n) is 17.3. The predicted octanol–water partition coefficient (Wildman–Crippen LogP) is 15.2. The fourth-order valence-electron chi connectivity index (χ4n) is 7.64. The number of esters is 1. The first-order valence-corrected chi connectivity index (χ1v) is 25.6. The van der Waals surface area contributed by atoms with Crippen molar-refractivity contribution < 1.29 is 24.5 Å². The molecule has 0 aliphatic heterocycles. The maximum absolute atomic E-state index is 13.2. The molecule has 3 N–H and O–H groups in total. The van der Waals surface area contributed by atoms with Gasteiger partial charge in [-0.15, -0.1) is 0 Å². The molecule has 0 aliphatic carbocycles. The van der Waals surface area contributed by atoms with Crippen molar-refractivity contribution in [3.8, 4) is 0 Å². The Labute approximate surface area is 371 Å². The van der Waals surface area contributed by atoms with Gasteiger partial charge in [0.15, 0.2) is 0 Å². The standard InChI is InChI=1S/C54H97NO5/c1-4-7-10-13-16-19-22-25-26-29-31-34-37-40-43-46-52(57)51(49-56)55-53(58)48-50(45-42-39-36-33-30-27-23-20-17-14-11-8-5-2)60-54(59)47-44-41-38-35-32-28-24-21-18-15-12-9-6-3/h9,12,15,18,21,24,28,32,35,38,50-52,56-57H,4-8,10-11,13-14,16-17,19-20,22-23,25-27,29-31,33-34,36-37,39-49H2,1-3H3,(H,55,58)/b12-9+,18-15+,24-21-,32-28-,38-35+. The van der Waals surface area contributed by atoms with Crippen LogP contribution in [0.15, 0.2) is 60.8 Å². The minimum Gasteiger partial charge on any atom is -0.462 e. The van der Waals surface area contributed by atoms with E-state index in [4.69, 9.17) is 4.74 Å². The Kier molecular flexibility index (Phi) is 45.7. The van der Waals surface area contributed by atoms with Gasteiger partial charge in [0.05, 0.1) is 25.2 Å². The smallest absolute Gasteiger partial charge is 0.306 e. The molecule has 0 saturated carbocycles. The maximum Gasteiger partial charge on any atom is 0.306 e. The molecule has 0 saturated heterocycles. The molecule has 3 unspecified atom stereocenters. The van der Waals surface area contributed by atoms with Gasteiger partial charge in [0, 0.05) is 6.42 Å². The fraction of sp³-hybridized carbons (Fsp3) is 0.778. The van der Waals surface area contributed by atoms with Gasteiger partial charge in [0.1, 0.15) is 6.10 Å². The summed E-state index contributed by atoms with van der Waals surface area (Å²) < 4.78 is 5.89. The van der Waals surface area contributed by atoms with Crippen molar-refractivity contribution in [3.05, 3.63) is 60.8 Å². The van der Waals surface area contributed by atoms with Gasteiger partial charge in [-0.25, -0.2) is 0 Å². The highest BCUT2D eigenvalue weighted by Gasteiger charge is 2.24. The Bertz CT molecular complexity index is 1080.